The van der Waals surface area contributed by atoms with Crippen LogP contribution in [-0.2, 0) is 6.61 Å². The molecule has 0 spiro atoms. The second kappa shape index (κ2) is 5.65. The molecule has 3 heteroatoms. The molecule has 0 aliphatic rings. The lowest BCUT2D eigenvalue weighted by molar-refractivity contribution is 0.111. The molecule has 2 aromatic carbocycles. The first-order valence-corrected chi connectivity index (χ1v) is 6.03. The molecule has 0 fully saturated rings. The zero-order valence-corrected chi connectivity index (χ0v) is 10.9. The Morgan fingerprint density at radius 1 is 1.11 bits per heavy atom. The van der Waals surface area contributed by atoms with Gasteiger partial charge in [-0.05, 0) is 37.6 Å². The SMILES string of the molecule is Cc1cc(C)cc(COc2ccc(F)cc2C=O)c1. The number of rotatable bonds is 4. The summed E-state index contributed by atoms with van der Waals surface area (Å²) in [7, 11) is 0. The lowest BCUT2D eigenvalue weighted by Crippen LogP contribution is -1.99. The topological polar surface area (TPSA) is 26.3 Å². The highest BCUT2D eigenvalue weighted by atomic mass is 19.1. The van der Waals surface area contributed by atoms with Gasteiger partial charge >= 0.3 is 0 Å². The highest BCUT2D eigenvalue weighted by Crippen LogP contribution is 2.20. The Balaban J connectivity index is 2.16. The number of aryl methyl sites for hydroxylation is 2. The fourth-order valence-corrected chi connectivity index (χ4v) is 2.06. The van der Waals surface area contributed by atoms with Gasteiger partial charge in [-0.15, -0.1) is 0 Å². The molecule has 0 aliphatic heterocycles. The molecule has 19 heavy (non-hydrogen) atoms. The molecule has 0 unspecified atom stereocenters. The average molecular weight is 258 g/mol. The Morgan fingerprint density at radius 2 is 1.79 bits per heavy atom. The predicted molar refractivity (Wildman–Crippen MR) is 72.0 cm³/mol. The summed E-state index contributed by atoms with van der Waals surface area (Å²) in [5.74, 6) is -0.0450. The molecule has 0 saturated carbocycles. The van der Waals surface area contributed by atoms with Crippen LogP contribution in [0.5, 0.6) is 5.75 Å². The van der Waals surface area contributed by atoms with E-state index in [2.05, 4.69) is 6.07 Å². The molecule has 2 nitrogen and oxygen atoms in total. The predicted octanol–water partition coefficient (Wildman–Crippen LogP) is 3.83. The van der Waals surface area contributed by atoms with E-state index in [1.165, 1.54) is 18.2 Å². The molecule has 0 N–H and O–H groups in total. The van der Waals surface area contributed by atoms with Gasteiger partial charge in [-0.25, -0.2) is 4.39 Å². The zero-order chi connectivity index (χ0) is 13.8. The van der Waals surface area contributed by atoms with E-state index < -0.39 is 5.82 Å². The molecule has 0 radical (unpaired) electrons. The largest absolute Gasteiger partial charge is 0.488 e. The van der Waals surface area contributed by atoms with Crippen LogP contribution < -0.4 is 4.74 Å². The Labute approximate surface area is 111 Å². The standard InChI is InChI=1S/C16H15FO2/c1-11-5-12(2)7-13(6-11)10-19-16-4-3-15(17)8-14(16)9-18/h3-9H,10H2,1-2H3. The maximum absolute atomic E-state index is 13.0. The summed E-state index contributed by atoms with van der Waals surface area (Å²) in [6.07, 6.45) is 0.597. The van der Waals surface area contributed by atoms with E-state index in [9.17, 15) is 9.18 Å². The number of aldehydes is 1. The number of carbonyl (C=O) groups is 1. The first kappa shape index (κ1) is 13.3. The second-order valence-corrected chi connectivity index (χ2v) is 4.58. The minimum atomic E-state index is -0.444. The first-order valence-electron chi connectivity index (χ1n) is 6.03. The highest BCUT2D eigenvalue weighted by Gasteiger charge is 2.05. The maximum atomic E-state index is 13.0. The van der Waals surface area contributed by atoms with Gasteiger partial charge in [0.1, 0.15) is 18.2 Å². The molecule has 0 aliphatic carbocycles. The second-order valence-electron chi connectivity index (χ2n) is 4.58. The van der Waals surface area contributed by atoms with E-state index in [4.69, 9.17) is 4.74 Å². The number of carbonyl (C=O) groups excluding carboxylic acids is 1. The molecule has 0 bridgehead atoms. The van der Waals surface area contributed by atoms with Gasteiger partial charge in [0.2, 0.25) is 0 Å². The minimum absolute atomic E-state index is 0.226. The van der Waals surface area contributed by atoms with Gasteiger partial charge in [-0.2, -0.15) is 0 Å². The van der Waals surface area contributed by atoms with Gasteiger partial charge in [0.05, 0.1) is 5.56 Å². The molecule has 0 saturated heterocycles. The monoisotopic (exact) mass is 258 g/mol. The normalized spacial score (nSPS) is 10.3. The molecule has 0 atom stereocenters. The lowest BCUT2D eigenvalue weighted by Gasteiger charge is -2.10. The van der Waals surface area contributed by atoms with Gasteiger partial charge in [-0.3, -0.25) is 4.79 Å². The summed E-state index contributed by atoms with van der Waals surface area (Å²) in [5, 5.41) is 0. The van der Waals surface area contributed by atoms with Gasteiger partial charge in [0.25, 0.3) is 0 Å². The van der Waals surface area contributed by atoms with Crippen molar-refractivity contribution in [1.29, 1.82) is 0 Å². The molecular weight excluding hydrogens is 243 g/mol. The molecule has 98 valence electrons. The van der Waals surface area contributed by atoms with Crippen molar-refractivity contribution in [3.05, 3.63) is 64.5 Å². The van der Waals surface area contributed by atoms with E-state index in [1.807, 2.05) is 26.0 Å². The third kappa shape index (κ3) is 3.41. The van der Waals surface area contributed by atoms with E-state index in [0.717, 1.165) is 16.7 Å². The summed E-state index contributed by atoms with van der Waals surface area (Å²) >= 11 is 0. The molecule has 2 aromatic rings. The van der Waals surface area contributed by atoms with Crippen LogP contribution in [0.3, 0.4) is 0 Å². The third-order valence-electron chi connectivity index (χ3n) is 2.77. The summed E-state index contributed by atoms with van der Waals surface area (Å²) in [6.45, 7) is 4.39. The van der Waals surface area contributed by atoms with Crippen LogP contribution in [0.2, 0.25) is 0 Å². The Morgan fingerprint density at radius 3 is 2.42 bits per heavy atom. The zero-order valence-electron chi connectivity index (χ0n) is 10.9. The fraction of sp³-hybridized carbons (Fsp3) is 0.188. The fourth-order valence-electron chi connectivity index (χ4n) is 2.06. The Hall–Kier alpha value is -2.16. The number of benzene rings is 2. The Kier molecular flexibility index (Phi) is 3.95. The number of hydrogen-bond acceptors (Lipinski definition) is 2. The number of hydrogen-bond donors (Lipinski definition) is 0. The van der Waals surface area contributed by atoms with Crippen molar-refractivity contribution in [3.63, 3.8) is 0 Å². The summed E-state index contributed by atoms with van der Waals surface area (Å²) < 4.78 is 18.6. The van der Waals surface area contributed by atoms with Crippen LogP contribution in [0.25, 0.3) is 0 Å². The van der Waals surface area contributed by atoms with Crippen LogP contribution >= 0.6 is 0 Å². The van der Waals surface area contributed by atoms with Crippen molar-refractivity contribution in [2.75, 3.05) is 0 Å². The molecule has 0 amide bonds. The highest BCUT2D eigenvalue weighted by molar-refractivity contribution is 5.79. The van der Waals surface area contributed by atoms with E-state index in [1.54, 1.807) is 0 Å². The van der Waals surface area contributed by atoms with Crippen LogP contribution in [-0.4, -0.2) is 6.29 Å². The average Bonchev–Trinajstić information content (AvgIpc) is 2.36. The first-order chi connectivity index (χ1) is 9.08. The molecular formula is C16H15FO2. The van der Waals surface area contributed by atoms with Crippen molar-refractivity contribution >= 4 is 6.29 Å². The molecule has 2 rings (SSSR count). The number of halogens is 1. The van der Waals surface area contributed by atoms with Crippen molar-refractivity contribution in [2.24, 2.45) is 0 Å². The smallest absolute Gasteiger partial charge is 0.153 e. The molecule has 0 aromatic heterocycles. The lowest BCUT2D eigenvalue weighted by atomic mass is 10.1. The number of ether oxygens (including phenoxy) is 1. The van der Waals surface area contributed by atoms with Gasteiger partial charge in [0, 0.05) is 0 Å². The van der Waals surface area contributed by atoms with Gasteiger partial charge < -0.3 is 4.74 Å². The van der Waals surface area contributed by atoms with E-state index in [0.29, 0.717) is 18.6 Å². The summed E-state index contributed by atoms with van der Waals surface area (Å²) in [6, 6.07) is 10.1. The van der Waals surface area contributed by atoms with Crippen molar-refractivity contribution in [2.45, 2.75) is 20.5 Å². The molecule has 0 heterocycles. The van der Waals surface area contributed by atoms with Gasteiger partial charge in [-0.1, -0.05) is 29.3 Å². The van der Waals surface area contributed by atoms with Crippen molar-refractivity contribution in [3.8, 4) is 5.75 Å². The van der Waals surface area contributed by atoms with E-state index >= 15 is 0 Å². The van der Waals surface area contributed by atoms with Crippen molar-refractivity contribution < 1.29 is 13.9 Å². The van der Waals surface area contributed by atoms with E-state index in [-0.39, 0.29) is 5.56 Å². The van der Waals surface area contributed by atoms with Crippen LogP contribution in [0.1, 0.15) is 27.0 Å². The quantitative estimate of drug-likeness (QED) is 0.779. The van der Waals surface area contributed by atoms with Gasteiger partial charge in [0.15, 0.2) is 6.29 Å². The van der Waals surface area contributed by atoms with Crippen LogP contribution in [0.15, 0.2) is 36.4 Å². The Bertz CT molecular complexity index is 585. The summed E-state index contributed by atoms with van der Waals surface area (Å²) in [4.78, 5) is 10.9. The third-order valence-corrected chi connectivity index (χ3v) is 2.77. The summed E-state index contributed by atoms with van der Waals surface area (Å²) in [5.41, 5.74) is 3.57. The minimum Gasteiger partial charge on any atom is -0.488 e. The van der Waals surface area contributed by atoms with Crippen molar-refractivity contribution in [1.82, 2.24) is 0 Å². The van der Waals surface area contributed by atoms with Crippen LogP contribution in [0.4, 0.5) is 4.39 Å². The maximum Gasteiger partial charge on any atom is 0.153 e. The van der Waals surface area contributed by atoms with Crippen LogP contribution in [0, 0.1) is 19.7 Å².